The Morgan fingerprint density at radius 1 is 1.25 bits per heavy atom. The Kier molecular flexibility index (Phi) is 9.16. The monoisotopic (exact) mass is 248 g/mol. The molecule has 0 heterocycles. The first-order valence-corrected chi connectivity index (χ1v) is 8.79. The van der Waals surface area contributed by atoms with Gasteiger partial charge in [0.2, 0.25) is 0 Å². The number of hydrogen-bond donors (Lipinski definition) is 2. The average molecular weight is 248 g/mol. The third kappa shape index (κ3) is 7.35. The van der Waals surface area contributed by atoms with Gasteiger partial charge < -0.3 is 19.9 Å². The van der Waals surface area contributed by atoms with E-state index in [1.165, 1.54) is 0 Å². The Morgan fingerprint density at radius 2 is 1.81 bits per heavy atom. The predicted molar refractivity (Wildman–Crippen MR) is 70.8 cm³/mol. The molecule has 3 N–H and O–H groups in total. The van der Waals surface area contributed by atoms with Crippen LogP contribution >= 0.6 is 0 Å². The number of rotatable bonds is 10. The third-order valence-electron chi connectivity index (χ3n) is 2.43. The van der Waals surface area contributed by atoms with Gasteiger partial charge in [-0.2, -0.15) is 0 Å². The summed E-state index contributed by atoms with van der Waals surface area (Å²) in [6, 6.07) is 1.03. The van der Waals surface area contributed by atoms with Gasteiger partial charge in [-0.05, 0) is 38.9 Å². The predicted octanol–water partition coefficient (Wildman–Crippen LogP) is 1.32. The zero-order valence-electron chi connectivity index (χ0n) is 11.2. The summed E-state index contributed by atoms with van der Waals surface area (Å²) in [5, 5.41) is 3.33. The average Bonchev–Trinajstić information content (AvgIpc) is 2.18. The van der Waals surface area contributed by atoms with Crippen LogP contribution < -0.4 is 11.1 Å². The van der Waals surface area contributed by atoms with Gasteiger partial charge in [0, 0.05) is 26.3 Å². The van der Waals surface area contributed by atoms with E-state index in [4.69, 9.17) is 14.6 Å². The molecule has 0 spiro atoms. The maximum Gasteiger partial charge on any atom is 0.335 e. The molecule has 0 fully saturated rings. The van der Waals surface area contributed by atoms with Crippen molar-refractivity contribution in [1.29, 1.82) is 0 Å². The van der Waals surface area contributed by atoms with Gasteiger partial charge in [0.05, 0.1) is 0 Å². The molecule has 0 radical (unpaired) electrons. The van der Waals surface area contributed by atoms with Gasteiger partial charge >= 0.3 is 8.56 Å². The zero-order valence-corrected chi connectivity index (χ0v) is 12.2. The molecule has 1 unspecified atom stereocenters. The summed E-state index contributed by atoms with van der Waals surface area (Å²) in [5.74, 6) is 0.571. The lowest BCUT2D eigenvalue weighted by molar-refractivity contribution is 0.184. The summed E-state index contributed by atoms with van der Waals surface area (Å²) in [5.41, 5.74) is 5.43. The standard InChI is InChI=1S/C11H28N2O2Si/c1-5-14-16(4,15-6-2)10-11(3)9-13-8-7-12/h11,13H,5-10,12H2,1-4H3. The van der Waals surface area contributed by atoms with Crippen LogP contribution in [0.2, 0.25) is 12.6 Å². The van der Waals surface area contributed by atoms with Gasteiger partial charge in [0.15, 0.2) is 0 Å². The Morgan fingerprint density at radius 3 is 2.25 bits per heavy atom. The molecule has 0 aliphatic heterocycles. The van der Waals surface area contributed by atoms with Gasteiger partial charge in [-0.15, -0.1) is 0 Å². The Bertz CT molecular complexity index is 164. The van der Waals surface area contributed by atoms with E-state index in [1.807, 2.05) is 13.8 Å². The van der Waals surface area contributed by atoms with E-state index in [9.17, 15) is 0 Å². The Hall–Kier alpha value is 0.0569. The van der Waals surface area contributed by atoms with Crippen molar-refractivity contribution in [2.45, 2.75) is 33.4 Å². The van der Waals surface area contributed by atoms with E-state index in [1.54, 1.807) is 0 Å². The molecular formula is C11H28N2O2Si. The molecule has 98 valence electrons. The summed E-state index contributed by atoms with van der Waals surface area (Å²) in [7, 11) is -1.94. The molecule has 0 amide bonds. The van der Waals surface area contributed by atoms with Crippen molar-refractivity contribution in [1.82, 2.24) is 5.32 Å². The molecule has 0 aromatic heterocycles. The van der Waals surface area contributed by atoms with E-state index >= 15 is 0 Å². The van der Waals surface area contributed by atoms with Crippen molar-refractivity contribution < 1.29 is 8.85 Å². The number of nitrogens with two attached hydrogens (primary N) is 1. The zero-order chi connectivity index (χ0) is 12.4. The largest absolute Gasteiger partial charge is 0.395 e. The molecule has 16 heavy (non-hydrogen) atoms. The summed E-state index contributed by atoms with van der Waals surface area (Å²) >= 11 is 0. The third-order valence-corrected chi connectivity index (χ3v) is 5.67. The van der Waals surface area contributed by atoms with E-state index in [0.29, 0.717) is 12.5 Å². The van der Waals surface area contributed by atoms with Crippen LogP contribution in [0.15, 0.2) is 0 Å². The van der Waals surface area contributed by atoms with Gasteiger partial charge in [-0.3, -0.25) is 0 Å². The van der Waals surface area contributed by atoms with Crippen molar-refractivity contribution >= 4 is 8.56 Å². The highest BCUT2D eigenvalue weighted by atomic mass is 28.4. The maximum absolute atomic E-state index is 5.81. The second kappa shape index (κ2) is 9.12. The van der Waals surface area contributed by atoms with Crippen molar-refractivity contribution in [3.8, 4) is 0 Å². The summed E-state index contributed by atoms with van der Waals surface area (Å²) in [4.78, 5) is 0. The molecule has 0 rings (SSSR count). The lowest BCUT2D eigenvalue weighted by atomic mass is 10.2. The van der Waals surface area contributed by atoms with Gasteiger partial charge in [0.1, 0.15) is 0 Å². The lowest BCUT2D eigenvalue weighted by Gasteiger charge is -2.28. The van der Waals surface area contributed by atoms with Crippen LogP contribution in [0.1, 0.15) is 20.8 Å². The smallest absolute Gasteiger partial charge is 0.335 e. The van der Waals surface area contributed by atoms with Crippen LogP contribution in [-0.2, 0) is 8.85 Å². The van der Waals surface area contributed by atoms with Crippen molar-refractivity contribution in [3.63, 3.8) is 0 Å². The summed E-state index contributed by atoms with van der Waals surface area (Å²) < 4.78 is 11.6. The second-order valence-corrected chi connectivity index (χ2v) is 7.56. The Labute approximate surface area is 101 Å². The molecule has 0 aromatic carbocycles. The SMILES string of the molecule is CCO[Si](C)(CC(C)CNCCN)OCC. The highest BCUT2D eigenvalue weighted by Crippen LogP contribution is 2.19. The first kappa shape index (κ1) is 16.1. The molecule has 4 nitrogen and oxygen atoms in total. The van der Waals surface area contributed by atoms with Gasteiger partial charge in [0.25, 0.3) is 0 Å². The van der Waals surface area contributed by atoms with Gasteiger partial charge in [-0.1, -0.05) is 6.92 Å². The van der Waals surface area contributed by atoms with E-state index in [-0.39, 0.29) is 0 Å². The molecule has 0 saturated heterocycles. The quantitative estimate of drug-likeness (QED) is 0.452. The van der Waals surface area contributed by atoms with Crippen LogP contribution in [0.25, 0.3) is 0 Å². The molecule has 5 heteroatoms. The topological polar surface area (TPSA) is 56.5 Å². The first-order valence-electron chi connectivity index (χ1n) is 6.26. The van der Waals surface area contributed by atoms with Crippen LogP contribution in [0, 0.1) is 5.92 Å². The maximum atomic E-state index is 5.81. The number of hydrogen-bond acceptors (Lipinski definition) is 4. The van der Waals surface area contributed by atoms with Crippen molar-refractivity contribution in [3.05, 3.63) is 0 Å². The normalized spacial score (nSPS) is 14.1. The molecule has 0 aromatic rings. The number of nitrogens with one attached hydrogen (secondary N) is 1. The fraction of sp³-hybridized carbons (Fsp3) is 1.00. The summed E-state index contributed by atoms with van der Waals surface area (Å²) in [6.45, 7) is 12.5. The molecule has 0 bridgehead atoms. The minimum absolute atomic E-state index is 0.571. The van der Waals surface area contributed by atoms with Crippen LogP contribution in [0.3, 0.4) is 0 Å². The molecule has 0 aliphatic rings. The van der Waals surface area contributed by atoms with Crippen LogP contribution in [0.5, 0.6) is 0 Å². The highest BCUT2D eigenvalue weighted by Gasteiger charge is 2.32. The fourth-order valence-electron chi connectivity index (χ4n) is 1.93. The molecule has 1 atom stereocenters. The van der Waals surface area contributed by atoms with E-state index in [0.717, 1.165) is 32.3 Å². The second-order valence-electron chi connectivity index (χ2n) is 4.30. The van der Waals surface area contributed by atoms with Crippen LogP contribution in [-0.4, -0.2) is 41.4 Å². The van der Waals surface area contributed by atoms with Crippen molar-refractivity contribution in [2.24, 2.45) is 11.7 Å². The molecule has 0 saturated carbocycles. The van der Waals surface area contributed by atoms with Crippen LogP contribution in [0.4, 0.5) is 0 Å². The fourth-order valence-corrected chi connectivity index (χ4v) is 4.88. The minimum Gasteiger partial charge on any atom is -0.395 e. The molecule has 0 aliphatic carbocycles. The van der Waals surface area contributed by atoms with E-state index in [2.05, 4.69) is 18.8 Å². The Balaban J connectivity index is 3.96. The lowest BCUT2D eigenvalue weighted by Crippen LogP contribution is -2.42. The highest BCUT2D eigenvalue weighted by molar-refractivity contribution is 6.66. The minimum atomic E-state index is -1.94. The van der Waals surface area contributed by atoms with Gasteiger partial charge in [-0.25, -0.2) is 0 Å². The summed E-state index contributed by atoms with van der Waals surface area (Å²) in [6.07, 6.45) is 0. The van der Waals surface area contributed by atoms with E-state index < -0.39 is 8.56 Å². The first-order chi connectivity index (χ1) is 7.58. The van der Waals surface area contributed by atoms with Crippen molar-refractivity contribution in [2.75, 3.05) is 32.8 Å². The molecular weight excluding hydrogens is 220 g/mol.